The van der Waals surface area contributed by atoms with Crippen LogP contribution in [-0.4, -0.2) is 55.1 Å². The Bertz CT molecular complexity index is 426. The van der Waals surface area contributed by atoms with Gasteiger partial charge in [0.05, 0.1) is 0 Å². The number of hydrogen-bond donors (Lipinski definition) is 1. The van der Waals surface area contributed by atoms with Gasteiger partial charge in [-0.3, -0.25) is 4.90 Å². The zero-order valence-electron chi connectivity index (χ0n) is 14.0. The van der Waals surface area contributed by atoms with Crippen molar-refractivity contribution < 1.29 is 0 Å². The molecule has 22 heavy (non-hydrogen) atoms. The first-order chi connectivity index (χ1) is 10.8. The molecule has 0 bridgehead atoms. The van der Waals surface area contributed by atoms with Crippen LogP contribution in [0.4, 0.5) is 0 Å². The van der Waals surface area contributed by atoms with Crippen LogP contribution >= 0.6 is 0 Å². The number of nitrogens with zero attached hydrogens (tertiary/aromatic N) is 2. The molecule has 1 unspecified atom stereocenters. The highest BCUT2D eigenvalue weighted by atomic mass is 15.2. The average Bonchev–Trinajstić information content (AvgIpc) is 3.03. The van der Waals surface area contributed by atoms with E-state index in [1.165, 1.54) is 64.1 Å². The molecule has 0 saturated carbocycles. The van der Waals surface area contributed by atoms with Crippen LogP contribution in [0.1, 0.15) is 31.7 Å². The van der Waals surface area contributed by atoms with Gasteiger partial charge in [0.2, 0.25) is 0 Å². The van der Waals surface area contributed by atoms with Crippen molar-refractivity contribution >= 4 is 0 Å². The van der Waals surface area contributed by atoms with Gasteiger partial charge in [-0.15, -0.1) is 0 Å². The van der Waals surface area contributed by atoms with E-state index in [0.29, 0.717) is 0 Å². The van der Waals surface area contributed by atoms with Crippen molar-refractivity contribution in [3.63, 3.8) is 0 Å². The number of hydrogen-bond acceptors (Lipinski definition) is 3. The van der Waals surface area contributed by atoms with Crippen molar-refractivity contribution in [3.8, 4) is 0 Å². The maximum Gasteiger partial charge on any atom is 0.0233 e. The normalized spacial score (nSPS) is 24.9. The van der Waals surface area contributed by atoms with Gasteiger partial charge in [-0.05, 0) is 63.5 Å². The lowest BCUT2D eigenvalue weighted by molar-refractivity contribution is 0.187. The molecule has 1 N–H and O–H groups in total. The van der Waals surface area contributed by atoms with Gasteiger partial charge in [0.1, 0.15) is 0 Å². The van der Waals surface area contributed by atoms with E-state index in [-0.39, 0.29) is 0 Å². The molecule has 0 aromatic heterocycles. The molecule has 3 heteroatoms. The van der Waals surface area contributed by atoms with Crippen LogP contribution in [0.5, 0.6) is 0 Å². The summed E-state index contributed by atoms with van der Waals surface area (Å²) in [6.45, 7) is 10.9. The monoisotopic (exact) mass is 301 g/mol. The Morgan fingerprint density at radius 2 is 1.73 bits per heavy atom. The maximum atomic E-state index is 3.84. The van der Waals surface area contributed by atoms with Gasteiger partial charge in [0.15, 0.2) is 0 Å². The Morgan fingerprint density at radius 3 is 2.41 bits per heavy atom. The average molecular weight is 301 g/mol. The summed E-state index contributed by atoms with van der Waals surface area (Å²) in [5.41, 5.74) is 1.44. The van der Waals surface area contributed by atoms with E-state index in [1.54, 1.807) is 0 Å². The zero-order valence-corrected chi connectivity index (χ0v) is 14.0. The van der Waals surface area contributed by atoms with E-state index in [1.807, 2.05) is 0 Å². The highest BCUT2D eigenvalue weighted by molar-refractivity contribution is 5.14. The third kappa shape index (κ3) is 4.55. The lowest BCUT2D eigenvalue weighted by Crippen LogP contribution is -2.43. The summed E-state index contributed by atoms with van der Waals surface area (Å²) >= 11 is 0. The van der Waals surface area contributed by atoms with Crippen molar-refractivity contribution in [1.82, 2.24) is 15.1 Å². The molecule has 1 aromatic carbocycles. The van der Waals surface area contributed by atoms with Crippen molar-refractivity contribution in [2.24, 2.45) is 5.92 Å². The minimum atomic E-state index is 0.739. The fourth-order valence-electron chi connectivity index (χ4n) is 3.84. The van der Waals surface area contributed by atoms with Crippen LogP contribution in [-0.2, 0) is 6.54 Å². The Labute approximate surface area is 135 Å². The molecule has 2 heterocycles. The largest absolute Gasteiger partial charge is 0.314 e. The van der Waals surface area contributed by atoms with E-state index >= 15 is 0 Å². The van der Waals surface area contributed by atoms with Gasteiger partial charge in [-0.2, -0.15) is 0 Å². The van der Waals surface area contributed by atoms with Crippen molar-refractivity contribution in [2.75, 3.05) is 39.3 Å². The summed E-state index contributed by atoms with van der Waals surface area (Å²) in [4.78, 5) is 5.18. The predicted molar refractivity (Wildman–Crippen MR) is 93.0 cm³/mol. The number of likely N-dealkylation sites (tertiary alicyclic amines) is 2. The summed E-state index contributed by atoms with van der Waals surface area (Å²) in [6.07, 6.45) is 3.99. The van der Waals surface area contributed by atoms with E-state index in [9.17, 15) is 0 Å². The first-order valence-electron chi connectivity index (χ1n) is 9.05. The van der Waals surface area contributed by atoms with E-state index < -0.39 is 0 Å². The molecule has 0 spiro atoms. The topological polar surface area (TPSA) is 18.5 Å². The second-order valence-electron chi connectivity index (χ2n) is 6.99. The number of piperidine rings is 1. The van der Waals surface area contributed by atoms with E-state index in [4.69, 9.17) is 0 Å². The van der Waals surface area contributed by atoms with Gasteiger partial charge < -0.3 is 10.2 Å². The zero-order chi connectivity index (χ0) is 15.2. The Balaban J connectivity index is 1.34. The van der Waals surface area contributed by atoms with Crippen LogP contribution in [0.3, 0.4) is 0 Å². The van der Waals surface area contributed by atoms with Gasteiger partial charge in [-0.1, -0.05) is 37.3 Å². The van der Waals surface area contributed by atoms with Gasteiger partial charge >= 0.3 is 0 Å². The molecule has 0 aliphatic carbocycles. The standard InChI is InChI=1S/C19H31N3/c1-2-21-11-8-18(16-21)14-20-19-9-12-22(13-10-19)15-17-6-4-3-5-7-17/h3-7,18-20H,2,8-16H2,1H3. The summed E-state index contributed by atoms with van der Waals surface area (Å²) in [5, 5.41) is 3.84. The van der Waals surface area contributed by atoms with Crippen molar-refractivity contribution in [3.05, 3.63) is 35.9 Å². The summed E-state index contributed by atoms with van der Waals surface area (Å²) < 4.78 is 0. The minimum absolute atomic E-state index is 0.739. The maximum absolute atomic E-state index is 3.84. The van der Waals surface area contributed by atoms with E-state index in [0.717, 1.165) is 18.5 Å². The first-order valence-corrected chi connectivity index (χ1v) is 9.05. The molecular weight excluding hydrogens is 270 g/mol. The molecule has 2 aliphatic rings. The highest BCUT2D eigenvalue weighted by Gasteiger charge is 2.23. The van der Waals surface area contributed by atoms with Gasteiger partial charge in [0, 0.05) is 19.1 Å². The van der Waals surface area contributed by atoms with Crippen LogP contribution < -0.4 is 5.32 Å². The molecule has 0 amide bonds. The van der Waals surface area contributed by atoms with Gasteiger partial charge in [0.25, 0.3) is 0 Å². The molecule has 3 rings (SSSR count). The quantitative estimate of drug-likeness (QED) is 0.871. The number of benzene rings is 1. The Morgan fingerprint density at radius 1 is 1.00 bits per heavy atom. The van der Waals surface area contributed by atoms with Crippen LogP contribution in [0.2, 0.25) is 0 Å². The lowest BCUT2D eigenvalue weighted by atomic mass is 10.0. The van der Waals surface area contributed by atoms with Gasteiger partial charge in [-0.25, -0.2) is 0 Å². The van der Waals surface area contributed by atoms with Crippen LogP contribution in [0, 0.1) is 5.92 Å². The number of rotatable bonds is 6. The first kappa shape index (κ1) is 16.0. The van der Waals surface area contributed by atoms with Crippen LogP contribution in [0.15, 0.2) is 30.3 Å². The van der Waals surface area contributed by atoms with Crippen molar-refractivity contribution in [1.29, 1.82) is 0 Å². The third-order valence-electron chi connectivity index (χ3n) is 5.35. The molecule has 3 nitrogen and oxygen atoms in total. The lowest BCUT2D eigenvalue weighted by Gasteiger charge is -2.33. The molecular formula is C19H31N3. The second kappa shape index (κ2) is 8.09. The van der Waals surface area contributed by atoms with Crippen molar-refractivity contribution in [2.45, 2.75) is 38.8 Å². The summed E-state index contributed by atoms with van der Waals surface area (Å²) in [6, 6.07) is 11.6. The molecule has 2 fully saturated rings. The third-order valence-corrected chi connectivity index (χ3v) is 5.35. The molecule has 1 atom stereocenters. The predicted octanol–water partition coefficient (Wildman–Crippen LogP) is 2.58. The Kier molecular flexibility index (Phi) is 5.88. The fourth-order valence-corrected chi connectivity index (χ4v) is 3.84. The Hall–Kier alpha value is -0.900. The highest BCUT2D eigenvalue weighted by Crippen LogP contribution is 2.17. The number of nitrogens with one attached hydrogen (secondary N) is 1. The molecule has 1 aromatic rings. The summed E-state index contributed by atoms with van der Waals surface area (Å²) in [5.74, 6) is 0.877. The SMILES string of the molecule is CCN1CCC(CNC2CCN(Cc3ccccc3)CC2)C1. The molecule has 122 valence electrons. The fraction of sp³-hybridized carbons (Fsp3) is 0.684. The van der Waals surface area contributed by atoms with Crippen LogP contribution in [0.25, 0.3) is 0 Å². The second-order valence-corrected chi connectivity index (χ2v) is 6.99. The molecule has 0 radical (unpaired) electrons. The molecule has 2 aliphatic heterocycles. The summed E-state index contributed by atoms with van der Waals surface area (Å²) in [7, 11) is 0. The minimum Gasteiger partial charge on any atom is -0.314 e. The van der Waals surface area contributed by atoms with E-state index in [2.05, 4.69) is 52.4 Å². The smallest absolute Gasteiger partial charge is 0.0233 e. The molecule has 2 saturated heterocycles.